The minimum Gasteiger partial charge on any atom is -0.333 e. The van der Waals surface area contributed by atoms with Gasteiger partial charge in [0.25, 0.3) is 0 Å². The summed E-state index contributed by atoms with van der Waals surface area (Å²) in [4.78, 5) is 10.3. The van der Waals surface area contributed by atoms with E-state index in [0.717, 1.165) is 6.29 Å². The molecule has 0 heterocycles. The molecule has 0 aliphatic rings. The van der Waals surface area contributed by atoms with Crippen LogP contribution in [0.2, 0.25) is 0 Å². The van der Waals surface area contributed by atoms with E-state index in [1.54, 1.807) is 12.2 Å². The van der Waals surface area contributed by atoms with Crippen molar-refractivity contribution in [3.8, 4) is 0 Å². The Bertz CT molecular complexity index is 208. The zero-order chi connectivity index (χ0) is 10.7. The number of allylic oxidation sites excluding steroid dienone is 6. The van der Waals surface area contributed by atoms with Gasteiger partial charge in [0.1, 0.15) is 6.29 Å². The van der Waals surface area contributed by atoms with Gasteiger partial charge in [-0.15, -0.1) is 0 Å². The van der Waals surface area contributed by atoms with Gasteiger partial charge in [-0.2, -0.15) is 0 Å². The number of nitrogens with two attached hydrogens (primary N) is 1. The first-order valence-corrected chi connectivity index (χ1v) is 4.21. The smallest absolute Gasteiger partial charge is 0.149 e. The summed E-state index contributed by atoms with van der Waals surface area (Å²) >= 11 is 0. The van der Waals surface area contributed by atoms with E-state index in [9.17, 15) is 4.79 Å². The van der Waals surface area contributed by atoms with Crippen LogP contribution in [0.5, 0.6) is 0 Å². The molecule has 0 aliphatic heterocycles. The van der Waals surface area contributed by atoms with Crippen molar-refractivity contribution in [3.63, 3.8) is 0 Å². The summed E-state index contributed by atoms with van der Waals surface area (Å²) in [6.45, 7) is 5.87. The van der Waals surface area contributed by atoms with Crippen LogP contribution in [0.1, 0.15) is 20.8 Å². The minimum absolute atomic E-state index is 0.711. The van der Waals surface area contributed by atoms with Crippen molar-refractivity contribution in [2.24, 2.45) is 5.73 Å². The van der Waals surface area contributed by atoms with Crippen LogP contribution in [-0.4, -0.2) is 13.3 Å². The molecule has 0 unspecified atom stereocenters. The lowest BCUT2D eigenvalue weighted by atomic mass is 10.2. The number of aldehydes is 1. The molecule has 0 radical (unpaired) electrons. The van der Waals surface area contributed by atoms with E-state index in [1.165, 1.54) is 12.6 Å². The zero-order valence-corrected chi connectivity index (χ0v) is 8.87. The summed E-state index contributed by atoms with van der Waals surface area (Å²) < 4.78 is 0. The first-order chi connectivity index (χ1) is 6.20. The quantitative estimate of drug-likeness (QED) is 0.412. The molecule has 0 atom stereocenters. The Labute approximate surface area is 80.8 Å². The molecular weight excluding hydrogens is 162 g/mol. The van der Waals surface area contributed by atoms with E-state index in [2.05, 4.69) is 5.73 Å². The van der Waals surface area contributed by atoms with E-state index in [-0.39, 0.29) is 0 Å². The van der Waals surface area contributed by atoms with Gasteiger partial charge in [0.2, 0.25) is 0 Å². The zero-order valence-electron chi connectivity index (χ0n) is 8.87. The Kier molecular flexibility index (Phi) is 12.0. The molecule has 0 rings (SSSR count). The lowest BCUT2D eigenvalue weighted by Crippen LogP contribution is -1.75. The monoisotopic (exact) mass is 181 g/mol. The van der Waals surface area contributed by atoms with Gasteiger partial charge in [-0.25, -0.2) is 0 Å². The molecule has 0 saturated carbocycles. The Balaban J connectivity index is 0. The summed E-state index contributed by atoms with van der Waals surface area (Å²) in [5.74, 6) is 0. The highest BCUT2D eigenvalue weighted by atomic mass is 16.1. The van der Waals surface area contributed by atoms with Crippen LogP contribution in [0.15, 0.2) is 35.5 Å². The van der Waals surface area contributed by atoms with Gasteiger partial charge in [0.05, 0.1) is 0 Å². The van der Waals surface area contributed by atoms with Gasteiger partial charge in [-0.05, 0) is 27.8 Å². The second kappa shape index (κ2) is 10.8. The lowest BCUT2D eigenvalue weighted by molar-refractivity contribution is -0.104. The van der Waals surface area contributed by atoms with Gasteiger partial charge in [0, 0.05) is 5.57 Å². The molecule has 2 heteroatoms. The molecule has 2 N–H and O–H groups in total. The predicted molar refractivity (Wildman–Crippen MR) is 58.5 cm³/mol. The lowest BCUT2D eigenvalue weighted by Gasteiger charge is -1.85. The Morgan fingerprint density at radius 3 is 2.08 bits per heavy atom. The Hall–Kier alpha value is -1.15. The van der Waals surface area contributed by atoms with Crippen molar-refractivity contribution in [1.29, 1.82) is 0 Å². The van der Waals surface area contributed by atoms with Crippen molar-refractivity contribution in [1.82, 2.24) is 0 Å². The van der Waals surface area contributed by atoms with Gasteiger partial charge < -0.3 is 5.73 Å². The van der Waals surface area contributed by atoms with Crippen LogP contribution >= 0.6 is 0 Å². The average Bonchev–Trinajstić information content (AvgIpc) is 2.15. The predicted octanol–water partition coefficient (Wildman–Crippen LogP) is 2.23. The third-order valence-electron chi connectivity index (χ3n) is 1.19. The maximum Gasteiger partial charge on any atom is 0.149 e. The van der Waals surface area contributed by atoms with Gasteiger partial charge in [0.15, 0.2) is 0 Å². The normalized spacial score (nSPS) is 10.4. The highest BCUT2D eigenvalue weighted by Crippen LogP contribution is 1.94. The largest absolute Gasteiger partial charge is 0.333 e. The third-order valence-corrected chi connectivity index (χ3v) is 1.19. The van der Waals surface area contributed by atoms with Crippen molar-refractivity contribution >= 4 is 6.29 Å². The third kappa shape index (κ3) is 10.8. The van der Waals surface area contributed by atoms with Crippen LogP contribution in [0.25, 0.3) is 0 Å². The molecule has 0 aromatic heterocycles. The fourth-order valence-electron chi connectivity index (χ4n) is 0.555. The molecule has 0 aliphatic carbocycles. The maximum atomic E-state index is 10.3. The van der Waals surface area contributed by atoms with Crippen LogP contribution in [0.3, 0.4) is 0 Å². The molecule has 0 spiro atoms. The number of carbonyl (C=O) groups is 1. The van der Waals surface area contributed by atoms with Crippen molar-refractivity contribution in [2.45, 2.75) is 20.8 Å². The second-order valence-electron chi connectivity index (χ2n) is 2.51. The Morgan fingerprint density at radius 1 is 1.23 bits per heavy atom. The molecule has 0 fully saturated rings. The van der Waals surface area contributed by atoms with E-state index in [0.29, 0.717) is 5.57 Å². The minimum atomic E-state index is 0.711. The maximum absolute atomic E-state index is 10.3. The molecule has 2 nitrogen and oxygen atoms in total. The number of hydrogen-bond donors (Lipinski definition) is 1. The summed E-state index contributed by atoms with van der Waals surface area (Å²) in [7, 11) is 1.50. The highest BCUT2D eigenvalue weighted by Gasteiger charge is 1.81. The standard InChI is InChI=1S/C10H14O.CH5N/c1-4-10(8-11)7-5-6-9(2)3;1-2/h4-8H,1-3H3;2H2,1H3/b7-5-,10-4+;. The first kappa shape index (κ1) is 14.4. The SMILES string of the molecule is C/C=C(C=O)\C=C/C=C(C)C.CN. The number of hydrogen-bond acceptors (Lipinski definition) is 2. The van der Waals surface area contributed by atoms with Crippen LogP contribution in [0.4, 0.5) is 0 Å². The van der Waals surface area contributed by atoms with E-state index < -0.39 is 0 Å². The van der Waals surface area contributed by atoms with E-state index >= 15 is 0 Å². The number of rotatable bonds is 3. The molecule has 0 amide bonds. The van der Waals surface area contributed by atoms with E-state index in [4.69, 9.17) is 0 Å². The topological polar surface area (TPSA) is 43.1 Å². The van der Waals surface area contributed by atoms with Crippen molar-refractivity contribution in [3.05, 3.63) is 35.5 Å². The molecule has 74 valence electrons. The fraction of sp³-hybridized carbons (Fsp3) is 0.364. The highest BCUT2D eigenvalue weighted by molar-refractivity contribution is 5.77. The number of carbonyl (C=O) groups excluding carboxylic acids is 1. The van der Waals surface area contributed by atoms with Crippen molar-refractivity contribution < 1.29 is 4.79 Å². The van der Waals surface area contributed by atoms with Crippen LogP contribution in [0, 0.1) is 0 Å². The molecule has 13 heavy (non-hydrogen) atoms. The molecule has 0 aromatic carbocycles. The summed E-state index contributed by atoms with van der Waals surface area (Å²) in [5, 5.41) is 0. The molecule has 0 saturated heterocycles. The molecular formula is C11H19NO. The van der Waals surface area contributed by atoms with Gasteiger partial charge in [-0.3, -0.25) is 4.79 Å². The average molecular weight is 181 g/mol. The van der Waals surface area contributed by atoms with Crippen LogP contribution in [-0.2, 0) is 4.79 Å². The Morgan fingerprint density at radius 2 is 1.77 bits per heavy atom. The molecule has 0 bridgehead atoms. The summed E-state index contributed by atoms with van der Waals surface area (Å²) in [6.07, 6.45) is 8.25. The fourth-order valence-corrected chi connectivity index (χ4v) is 0.555. The van der Waals surface area contributed by atoms with E-state index in [1.807, 2.05) is 32.9 Å². The van der Waals surface area contributed by atoms with Gasteiger partial charge in [-0.1, -0.05) is 29.9 Å². The summed E-state index contributed by atoms with van der Waals surface area (Å²) in [5.41, 5.74) is 6.44. The van der Waals surface area contributed by atoms with Crippen molar-refractivity contribution in [2.75, 3.05) is 7.05 Å². The second-order valence-corrected chi connectivity index (χ2v) is 2.51. The molecule has 0 aromatic rings. The van der Waals surface area contributed by atoms with Gasteiger partial charge >= 0.3 is 0 Å². The first-order valence-electron chi connectivity index (χ1n) is 4.21. The van der Waals surface area contributed by atoms with Crippen LogP contribution < -0.4 is 5.73 Å². The summed E-state index contributed by atoms with van der Waals surface area (Å²) in [6, 6.07) is 0.